The van der Waals surface area contributed by atoms with Crippen LogP contribution in [0.15, 0.2) is 53.7 Å². The van der Waals surface area contributed by atoms with Crippen molar-refractivity contribution >= 4 is 22.8 Å². The minimum atomic E-state index is -0.638. The summed E-state index contributed by atoms with van der Waals surface area (Å²) >= 11 is 1.50. The van der Waals surface area contributed by atoms with Crippen molar-refractivity contribution in [1.29, 1.82) is 5.26 Å². The Morgan fingerprint density at radius 1 is 1.22 bits per heavy atom. The molecule has 0 saturated heterocycles. The summed E-state index contributed by atoms with van der Waals surface area (Å²) in [6, 6.07) is 16.9. The fourth-order valence-corrected chi connectivity index (χ4v) is 3.55. The molecule has 1 atom stereocenters. The summed E-state index contributed by atoms with van der Waals surface area (Å²) in [5.74, 6) is 1.09. The molecule has 0 spiro atoms. The quantitative estimate of drug-likeness (QED) is 0.572. The number of benzene rings is 2. The number of nitriles is 1. The molecule has 2 aromatic carbocycles. The molecule has 6 nitrogen and oxygen atoms in total. The third kappa shape index (κ3) is 5.01. The number of fused-ring (bicyclic) bond motifs is 1. The number of thioether (sulfide) groups is 1. The first kappa shape index (κ1) is 19.2. The van der Waals surface area contributed by atoms with E-state index in [0.717, 1.165) is 16.2 Å². The topological polar surface area (TPSA) is 80.3 Å². The first-order valence-corrected chi connectivity index (χ1v) is 9.58. The molecule has 0 bridgehead atoms. The first-order valence-electron chi connectivity index (χ1n) is 8.59. The molecule has 0 saturated carbocycles. The van der Waals surface area contributed by atoms with E-state index in [1.807, 2.05) is 24.3 Å². The van der Waals surface area contributed by atoms with E-state index in [0.29, 0.717) is 30.2 Å². The van der Waals surface area contributed by atoms with Gasteiger partial charge in [0.25, 0.3) is 0 Å². The van der Waals surface area contributed by atoms with Crippen molar-refractivity contribution < 1.29 is 14.6 Å². The molecule has 0 aliphatic rings. The van der Waals surface area contributed by atoms with Crippen LogP contribution in [0.25, 0.3) is 11.0 Å². The number of para-hydroxylation sites is 2. The molecule has 1 heterocycles. The molecule has 3 rings (SSSR count). The van der Waals surface area contributed by atoms with Gasteiger partial charge in [-0.15, -0.1) is 0 Å². The Morgan fingerprint density at radius 3 is 2.74 bits per heavy atom. The number of aliphatic hydroxyl groups excluding tert-OH is 1. The molecule has 1 aromatic heterocycles. The third-order valence-electron chi connectivity index (χ3n) is 3.97. The summed E-state index contributed by atoms with van der Waals surface area (Å²) in [6.45, 7) is 1.48. The number of aromatic nitrogens is 2. The van der Waals surface area contributed by atoms with Crippen molar-refractivity contribution in [2.24, 2.45) is 0 Å². The second kappa shape index (κ2) is 9.42. The van der Waals surface area contributed by atoms with E-state index in [4.69, 9.17) is 14.7 Å². The van der Waals surface area contributed by atoms with Gasteiger partial charge in [-0.3, -0.25) is 0 Å². The highest BCUT2D eigenvalue weighted by Gasteiger charge is 2.13. The van der Waals surface area contributed by atoms with Crippen LogP contribution in [0.4, 0.5) is 0 Å². The predicted octanol–water partition coefficient (Wildman–Crippen LogP) is 3.09. The highest BCUT2D eigenvalue weighted by Crippen LogP contribution is 2.24. The number of methoxy groups -OCH3 is 1. The number of ether oxygens (including phenoxy) is 2. The van der Waals surface area contributed by atoms with E-state index in [1.165, 1.54) is 11.8 Å². The van der Waals surface area contributed by atoms with Crippen LogP contribution in [0.5, 0.6) is 5.75 Å². The Kier molecular flexibility index (Phi) is 6.71. The smallest absolute Gasteiger partial charge is 0.169 e. The summed E-state index contributed by atoms with van der Waals surface area (Å²) < 4.78 is 12.9. The normalized spacial score (nSPS) is 12.0. The van der Waals surface area contributed by atoms with Gasteiger partial charge in [-0.1, -0.05) is 23.9 Å². The van der Waals surface area contributed by atoms with Crippen LogP contribution in [-0.4, -0.2) is 46.8 Å². The molecule has 0 aliphatic carbocycles. The largest absolute Gasteiger partial charge is 0.491 e. The number of aliphatic hydroxyl groups is 1. The molecule has 27 heavy (non-hydrogen) atoms. The van der Waals surface area contributed by atoms with Gasteiger partial charge in [0, 0.05) is 19.4 Å². The highest BCUT2D eigenvalue weighted by atomic mass is 32.2. The first-order chi connectivity index (χ1) is 13.2. The fourth-order valence-electron chi connectivity index (χ4n) is 2.60. The average molecular weight is 383 g/mol. The molecule has 1 N–H and O–H groups in total. The van der Waals surface area contributed by atoms with Gasteiger partial charge in [0.2, 0.25) is 0 Å². The van der Waals surface area contributed by atoms with Gasteiger partial charge in [0.05, 0.1) is 35.4 Å². The van der Waals surface area contributed by atoms with Crippen LogP contribution in [0, 0.1) is 11.3 Å². The second-order valence-corrected chi connectivity index (χ2v) is 6.93. The zero-order valence-electron chi connectivity index (χ0n) is 15.0. The van der Waals surface area contributed by atoms with Gasteiger partial charge in [-0.25, -0.2) is 4.98 Å². The lowest BCUT2D eigenvalue weighted by molar-refractivity contribution is 0.126. The van der Waals surface area contributed by atoms with E-state index in [1.54, 1.807) is 31.4 Å². The second-order valence-electron chi connectivity index (χ2n) is 5.94. The lowest BCUT2D eigenvalue weighted by atomic mass is 10.2. The van der Waals surface area contributed by atoms with Crippen molar-refractivity contribution in [3.8, 4) is 11.8 Å². The Morgan fingerprint density at radius 2 is 2.00 bits per heavy atom. The van der Waals surface area contributed by atoms with Gasteiger partial charge in [0.15, 0.2) is 5.16 Å². The van der Waals surface area contributed by atoms with Crippen molar-refractivity contribution in [3.63, 3.8) is 0 Å². The van der Waals surface area contributed by atoms with Crippen LogP contribution >= 0.6 is 11.8 Å². The van der Waals surface area contributed by atoms with E-state index < -0.39 is 6.10 Å². The minimum Gasteiger partial charge on any atom is -0.491 e. The average Bonchev–Trinajstić information content (AvgIpc) is 3.07. The zero-order valence-corrected chi connectivity index (χ0v) is 15.9. The van der Waals surface area contributed by atoms with Gasteiger partial charge in [0.1, 0.15) is 12.4 Å². The Balaban J connectivity index is 1.59. The molecule has 3 aromatic rings. The van der Waals surface area contributed by atoms with E-state index in [-0.39, 0.29) is 6.61 Å². The van der Waals surface area contributed by atoms with Crippen molar-refractivity contribution in [1.82, 2.24) is 9.55 Å². The SMILES string of the molecule is COCCn1c(SCC(O)COc2ccc(C#N)cc2)nc2ccccc21. The lowest BCUT2D eigenvalue weighted by Crippen LogP contribution is -2.20. The number of imidazole rings is 1. The summed E-state index contributed by atoms with van der Waals surface area (Å²) in [4.78, 5) is 4.66. The molecule has 7 heteroatoms. The summed E-state index contributed by atoms with van der Waals surface area (Å²) in [6.07, 6.45) is -0.638. The number of rotatable bonds is 9. The Labute approximate surface area is 162 Å². The van der Waals surface area contributed by atoms with Crippen LogP contribution in [-0.2, 0) is 11.3 Å². The summed E-state index contributed by atoms with van der Waals surface area (Å²) in [5.41, 5.74) is 2.56. The molecule has 0 radical (unpaired) electrons. The monoisotopic (exact) mass is 383 g/mol. The molecule has 140 valence electrons. The van der Waals surface area contributed by atoms with Crippen LogP contribution in [0.1, 0.15) is 5.56 Å². The fraction of sp³-hybridized carbons (Fsp3) is 0.300. The molecule has 0 amide bonds. The highest BCUT2D eigenvalue weighted by molar-refractivity contribution is 7.99. The molecule has 1 unspecified atom stereocenters. The Bertz CT molecular complexity index is 918. The maximum atomic E-state index is 10.3. The molecule has 0 fully saturated rings. The standard InChI is InChI=1S/C20H21N3O3S/c1-25-11-10-23-19-5-3-2-4-18(19)22-20(23)27-14-16(24)13-26-17-8-6-15(12-21)7-9-17/h2-9,16,24H,10-11,13-14H2,1H3. The predicted molar refractivity (Wildman–Crippen MR) is 105 cm³/mol. The van der Waals surface area contributed by atoms with Gasteiger partial charge >= 0.3 is 0 Å². The van der Waals surface area contributed by atoms with Gasteiger partial charge < -0.3 is 19.1 Å². The molecular formula is C20H21N3O3S. The maximum absolute atomic E-state index is 10.3. The van der Waals surface area contributed by atoms with Crippen LogP contribution in [0.2, 0.25) is 0 Å². The number of hydrogen-bond donors (Lipinski definition) is 1. The van der Waals surface area contributed by atoms with Crippen LogP contribution < -0.4 is 4.74 Å². The zero-order chi connectivity index (χ0) is 19.1. The maximum Gasteiger partial charge on any atom is 0.169 e. The minimum absolute atomic E-state index is 0.178. The number of hydrogen-bond acceptors (Lipinski definition) is 6. The van der Waals surface area contributed by atoms with E-state index >= 15 is 0 Å². The van der Waals surface area contributed by atoms with E-state index in [9.17, 15) is 5.11 Å². The van der Waals surface area contributed by atoms with Crippen molar-refractivity contribution in [2.75, 3.05) is 26.1 Å². The summed E-state index contributed by atoms with van der Waals surface area (Å²) in [7, 11) is 1.68. The van der Waals surface area contributed by atoms with Crippen molar-refractivity contribution in [2.45, 2.75) is 17.8 Å². The van der Waals surface area contributed by atoms with Gasteiger partial charge in [-0.05, 0) is 36.4 Å². The number of nitrogens with zero attached hydrogens (tertiary/aromatic N) is 3. The third-order valence-corrected chi connectivity index (χ3v) is 5.09. The molecular weight excluding hydrogens is 362 g/mol. The van der Waals surface area contributed by atoms with Crippen LogP contribution in [0.3, 0.4) is 0 Å². The lowest BCUT2D eigenvalue weighted by Gasteiger charge is -2.13. The molecule has 0 aliphatic heterocycles. The van der Waals surface area contributed by atoms with E-state index in [2.05, 4.69) is 15.6 Å². The van der Waals surface area contributed by atoms with Crippen molar-refractivity contribution in [3.05, 3.63) is 54.1 Å². The Hall–Kier alpha value is -2.53. The van der Waals surface area contributed by atoms with Gasteiger partial charge in [-0.2, -0.15) is 5.26 Å². The summed E-state index contributed by atoms with van der Waals surface area (Å²) in [5, 5.41) is 19.9.